The standard InChI is InChI=1S/C27H32Cl2N6O5/c1-4-7-39-15-31-18-13-40-14-19(18)32-22-10-16-17(12-30-22)33-26(34-27(16)35-5-8-38-9-6-35)23-24(28)20(36-2)11-21(37-3)25(23)29/h4,10-12,18-19,31H,1,5-9,13-15H2,2-3H3,(H,30,32)/t18-,19+/m0/s1. The third-order valence-electron chi connectivity index (χ3n) is 6.77. The second-order valence-corrected chi connectivity index (χ2v) is 10.00. The van der Waals surface area contributed by atoms with E-state index in [-0.39, 0.29) is 12.1 Å². The number of halogens is 2. The number of methoxy groups -OCH3 is 2. The van der Waals surface area contributed by atoms with Gasteiger partial charge in [-0.3, -0.25) is 5.32 Å². The van der Waals surface area contributed by atoms with Crippen LogP contribution in [0.2, 0.25) is 10.0 Å². The molecule has 2 aromatic heterocycles. The third-order valence-corrected chi connectivity index (χ3v) is 7.52. The van der Waals surface area contributed by atoms with Crippen molar-refractivity contribution in [2.45, 2.75) is 12.1 Å². The maximum atomic E-state index is 6.72. The van der Waals surface area contributed by atoms with E-state index in [1.807, 2.05) is 6.07 Å². The molecule has 0 unspecified atom stereocenters. The first kappa shape index (κ1) is 28.6. The predicted octanol–water partition coefficient (Wildman–Crippen LogP) is 3.78. The zero-order valence-corrected chi connectivity index (χ0v) is 23.9. The molecule has 2 N–H and O–H groups in total. The highest BCUT2D eigenvalue weighted by Gasteiger charge is 2.29. The van der Waals surface area contributed by atoms with Crippen LogP contribution in [0.5, 0.6) is 11.5 Å². The minimum absolute atomic E-state index is 0.00571. The number of ether oxygens (including phenoxy) is 5. The van der Waals surface area contributed by atoms with Crippen LogP contribution >= 0.6 is 23.2 Å². The van der Waals surface area contributed by atoms with Crippen molar-refractivity contribution in [3.8, 4) is 22.9 Å². The minimum Gasteiger partial charge on any atom is -0.495 e. The van der Waals surface area contributed by atoms with E-state index in [2.05, 4.69) is 27.1 Å². The Morgan fingerprint density at radius 3 is 2.48 bits per heavy atom. The number of aromatic nitrogens is 3. The SMILES string of the molecule is C=CCOCN[C@H]1COC[C@H]1Nc1cc2c(N3CCOCC3)nc(-c3c(Cl)c(OC)cc(OC)c3Cl)nc2cn1. The van der Waals surface area contributed by atoms with Crippen LogP contribution < -0.4 is 25.0 Å². The number of hydrogen-bond acceptors (Lipinski definition) is 11. The molecule has 13 heteroatoms. The molecule has 214 valence electrons. The van der Waals surface area contributed by atoms with Gasteiger partial charge in [0.05, 0.1) is 93.4 Å². The zero-order chi connectivity index (χ0) is 28.1. The van der Waals surface area contributed by atoms with Crippen molar-refractivity contribution in [3.05, 3.63) is 41.0 Å². The summed E-state index contributed by atoms with van der Waals surface area (Å²) in [6.45, 7) is 8.19. The summed E-state index contributed by atoms with van der Waals surface area (Å²) in [4.78, 5) is 16.6. The van der Waals surface area contributed by atoms with E-state index < -0.39 is 0 Å². The van der Waals surface area contributed by atoms with Gasteiger partial charge in [0, 0.05) is 24.5 Å². The first-order chi connectivity index (χ1) is 19.5. The van der Waals surface area contributed by atoms with Gasteiger partial charge in [-0.2, -0.15) is 0 Å². The Bertz CT molecular complexity index is 1330. The summed E-state index contributed by atoms with van der Waals surface area (Å²) >= 11 is 13.4. The first-order valence-electron chi connectivity index (χ1n) is 12.9. The highest BCUT2D eigenvalue weighted by Crippen LogP contribution is 2.45. The largest absolute Gasteiger partial charge is 0.495 e. The molecule has 4 heterocycles. The molecular formula is C27H32Cl2N6O5. The molecule has 0 radical (unpaired) electrons. The first-order valence-corrected chi connectivity index (χ1v) is 13.7. The maximum absolute atomic E-state index is 6.72. The Morgan fingerprint density at radius 1 is 1.05 bits per heavy atom. The molecule has 3 aromatic rings. The molecule has 2 saturated heterocycles. The molecule has 2 aliphatic rings. The lowest BCUT2D eigenvalue weighted by atomic mass is 10.1. The van der Waals surface area contributed by atoms with E-state index in [4.69, 9.17) is 56.9 Å². The number of rotatable bonds is 11. The molecule has 1 aromatic carbocycles. The lowest BCUT2D eigenvalue weighted by Crippen LogP contribution is -2.44. The summed E-state index contributed by atoms with van der Waals surface area (Å²) in [6.07, 6.45) is 3.44. The van der Waals surface area contributed by atoms with Gasteiger partial charge in [-0.15, -0.1) is 6.58 Å². The predicted molar refractivity (Wildman–Crippen MR) is 155 cm³/mol. The third kappa shape index (κ3) is 6.04. The van der Waals surface area contributed by atoms with Gasteiger partial charge in [0.25, 0.3) is 0 Å². The van der Waals surface area contributed by atoms with Gasteiger partial charge in [-0.1, -0.05) is 29.3 Å². The number of morpholine rings is 1. The van der Waals surface area contributed by atoms with Gasteiger partial charge in [0.1, 0.15) is 23.1 Å². The smallest absolute Gasteiger partial charge is 0.165 e. The van der Waals surface area contributed by atoms with Crippen molar-refractivity contribution in [1.29, 1.82) is 0 Å². The normalized spacial score (nSPS) is 19.1. The molecule has 0 amide bonds. The van der Waals surface area contributed by atoms with Crippen molar-refractivity contribution in [3.63, 3.8) is 0 Å². The van der Waals surface area contributed by atoms with Crippen LogP contribution in [0.1, 0.15) is 0 Å². The number of nitrogens with one attached hydrogen (secondary N) is 2. The molecule has 0 spiro atoms. The fraction of sp³-hybridized carbons (Fsp3) is 0.444. The average Bonchev–Trinajstić information content (AvgIpc) is 3.42. The van der Waals surface area contributed by atoms with Crippen LogP contribution in [0.15, 0.2) is 31.0 Å². The van der Waals surface area contributed by atoms with Crippen molar-refractivity contribution in [2.75, 3.05) is 77.3 Å². The van der Waals surface area contributed by atoms with Gasteiger partial charge in [-0.25, -0.2) is 15.0 Å². The molecule has 0 aliphatic carbocycles. The summed E-state index contributed by atoms with van der Waals surface area (Å²) in [5.41, 5.74) is 1.06. The van der Waals surface area contributed by atoms with E-state index in [1.165, 1.54) is 14.2 Å². The van der Waals surface area contributed by atoms with E-state index >= 15 is 0 Å². The van der Waals surface area contributed by atoms with Gasteiger partial charge < -0.3 is 33.9 Å². The van der Waals surface area contributed by atoms with E-state index in [0.717, 1.165) is 11.2 Å². The lowest BCUT2D eigenvalue weighted by Gasteiger charge is -2.29. The molecule has 2 aliphatic heterocycles. The Kier molecular flexibility index (Phi) is 9.40. The summed E-state index contributed by atoms with van der Waals surface area (Å²) in [5.74, 6) is 2.58. The molecule has 0 saturated carbocycles. The lowest BCUT2D eigenvalue weighted by molar-refractivity contribution is 0.122. The number of benzene rings is 1. The second-order valence-electron chi connectivity index (χ2n) is 9.24. The highest BCUT2D eigenvalue weighted by molar-refractivity contribution is 6.41. The Hall–Kier alpha value is -2.93. The van der Waals surface area contributed by atoms with Crippen LogP contribution in [-0.2, 0) is 14.2 Å². The topological polar surface area (TPSA) is 112 Å². The molecule has 0 bridgehead atoms. The van der Waals surface area contributed by atoms with Crippen LogP contribution in [-0.4, -0.2) is 94.1 Å². The number of nitrogens with zero attached hydrogens (tertiary/aromatic N) is 4. The maximum Gasteiger partial charge on any atom is 0.165 e. The van der Waals surface area contributed by atoms with Crippen molar-refractivity contribution in [2.24, 2.45) is 0 Å². The Balaban J connectivity index is 1.53. The van der Waals surface area contributed by atoms with Gasteiger partial charge in [-0.05, 0) is 6.07 Å². The minimum atomic E-state index is 0.00571. The summed E-state index contributed by atoms with van der Waals surface area (Å²) < 4.78 is 27.7. The average molecular weight is 591 g/mol. The van der Waals surface area contributed by atoms with Gasteiger partial charge in [0.15, 0.2) is 5.82 Å². The van der Waals surface area contributed by atoms with E-state index in [0.29, 0.717) is 97.1 Å². The summed E-state index contributed by atoms with van der Waals surface area (Å²) in [6, 6.07) is 3.67. The van der Waals surface area contributed by atoms with Crippen LogP contribution in [0.25, 0.3) is 22.3 Å². The molecule has 2 atom stereocenters. The summed E-state index contributed by atoms with van der Waals surface area (Å²) in [5, 5.41) is 8.29. The number of hydrogen-bond donors (Lipinski definition) is 2. The molecule has 5 rings (SSSR count). The van der Waals surface area contributed by atoms with Crippen molar-refractivity contribution >= 4 is 45.7 Å². The van der Waals surface area contributed by atoms with Crippen LogP contribution in [0.3, 0.4) is 0 Å². The Labute approximate surface area is 242 Å². The quantitative estimate of drug-likeness (QED) is 0.193. The van der Waals surface area contributed by atoms with Crippen LogP contribution in [0.4, 0.5) is 11.6 Å². The van der Waals surface area contributed by atoms with Crippen LogP contribution in [0, 0.1) is 0 Å². The molecule has 11 nitrogen and oxygen atoms in total. The highest BCUT2D eigenvalue weighted by atomic mass is 35.5. The number of anilines is 2. The second kappa shape index (κ2) is 13.2. The monoisotopic (exact) mass is 590 g/mol. The number of fused-ring (bicyclic) bond motifs is 1. The molecular weight excluding hydrogens is 559 g/mol. The molecule has 40 heavy (non-hydrogen) atoms. The van der Waals surface area contributed by atoms with Gasteiger partial charge in [0.2, 0.25) is 0 Å². The molecule has 2 fully saturated rings. The van der Waals surface area contributed by atoms with Crippen molar-refractivity contribution in [1.82, 2.24) is 20.3 Å². The fourth-order valence-electron chi connectivity index (χ4n) is 4.70. The van der Waals surface area contributed by atoms with Gasteiger partial charge >= 0.3 is 0 Å². The number of pyridine rings is 1. The fourth-order valence-corrected chi connectivity index (χ4v) is 5.37. The van der Waals surface area contributed by atoms with Crippen molar-refractivity contribution < 1.29 is 23.7 Å². The van der Waals surface area contributed by atoms with E-state index in [1.54, 1.807) is 18.3 Å². The van der Waals surface area contributed by atoms with E-state index in [9.17, 15) is 0 Å². The zero-order valence-electron chi connectivity index (χ0n) is 22.4. The Morgan fingerprint density at radius 2 is 1.77 bits per heavy atom. The summed E-state index contributed by atoms with van der Waals surface area (Å²) in [7, 11) is 3.06.